The maximum atomic E-state index is 2.63. The average Bonchev–Trinajstić information content (AvgIpc) is 2.33. The number of likely N-dealkylation sites (tertiary alicyclic amines) is 2. The van der Waals surface area contributed by atoms with Crippen LogP contribution < -0.4 is 0 Å². The van der Waals surface area contributed by atoms with Gasteiger partial charge in [-0.15, -0.1) is 0 Å². The van der Waals surface area contributed by atoms with Crippen molar-refractivity contribution in [1.82, 2.24) is 9.80 Å². The fraction of sp³-hybridized carbons (Fsp3) is 1.00. The molecule has 0 unspecified atom stereocenters. The van der Waals surface area contributed by atoms with Crippen molar-refractivity contribution < 1.29 is 0 Å². The van der Waals surface area contributed by atoms with E-state index in [1.807, 2.05) is 0 Å². The van der Waals surface area contributed by atoms with E-state index in [0.29, 0.717) is 0 Å². The quantitative estimate of drug-likeness (QED) is 0.766. The fourth-order valence-corrected chi connectivity index (χ4v) is 4.43. The van der Waals surface area contributed by atoms with E-state index in [0.717, 1.165) is 16.5 Å². The van der Waals surface area contributed by atoms with Gasteiger partial charge in [0.1, 0.15) is 0 Å². The van der Waals surface area contributed by atoms with Crippen LogP contribution >= 0.6 is 11.8 Å². The summed E-state index contributed by atoms with van der Waals surface area (Å²) >= 11 is 2.30. The van der Waals surface area contributed by atoms with Gasteiger partial charge in [0.25, 0.3) is 0 Å². The summed E-state index contributed by atoms with van der Waals surface area (Å²) in [4.78, 5) is 5.10. The molecule has 0 aromatic rings. The Morgan fingerprint density at radius 3 is 1.82 bits per heavy atom. The van der Waals surface area contributed by atoms with Crippen molar-refractivity contribution in [1.29, 1.82) is 0 Å². The van der Waals surface area contributed by atoms with Crippen molar-refractivity contribution in [3.05, 3.63) is 0 Å². The Morgan fingerprint density at radius 1 is 0.882 bits per heavy atom. The van der Waals surface area contributed by atoms with Gasteiger partial charge in [0.05, 0.1) is 0 Å². The Bertz CT molecular complexity index is 216. The highest BCUT2D eigenvalue weighted by Crippen LogP contribution is 2.32. The van der Waals surface area contributed by atoms with Crippen LogP contribution in [0.25, 0.3) is 0 Å². The second-order valence-corrected chi connectivity index (χ2v) is 7.57. The number of hydrogen-bond donors (Lipinski definition) is 0. The van der Waals surface area contributed by atoms with E-state index in [1.54, 1.807) is 0 Å². The molecule has 2 aliphatic rings. The number of nitrogens with zero attached hydrogens (tertiary/aromatic N) is 2. The molecule has 0 amide bonds. The van der Waals surface area contributed by atoms with E-state index in [1.165, 1.54) is 51.9 Å². The number of rotatable bonds is 3. The van der Waals surface area contributed by atoms with Gasteiger partial charge >= 0.3 is 0 Å². The maximum absolute atomic E-state index is 2.63. The molecule has 2 heterocycles. The summed E-state index contributed by atoms with van der Waals surface area (Å²) in [5, 5.41) is 1.89. The summed E-state index contributed by atoms with van der Waals surface area (Å²) in [6.45, 7) is 9.91. The zero-order valence-electron chi connectivity index (χ0n) is 11.7. The minimum absolute atomic E-state index is 0.740. The van der Waals surface area contributed by atoms with Gasteiger partial charge in [0.2, 0.25) is 0 Å². The smallest absolute Gasteiger partial charge is 0.00741 e. The van der Waals surface area contributed by atoms with Gasteiger partial charge in [-0.1, -0.05) is 0 Å². The van der Waals surface area contributed by atoms with Crippen molar-refractivity contribution in [3.8, 4) is 0 Å². The number of thioether (sulfide) groups is 1. The van der Waals surface area contributed by atoms with Crippen LogP contribution in [-0.4, -0.2) is 59.6 Å². The normalized spacial score (nSPS) is 26.8. The van der Waals surface area contributed by atoms with E-state index in [2.05, 4.69) is 42.5 Å². The Morgan fingerprint density at radius 2 is 1.35 bits per heavy atom. The van der Waals surface area contributed by atoms with Gasteiger partial charge in [0.15, 0.2) is 0 Å². The Balaban J connectivity index is 1.67. The molecule has 2 fully saturated rings. The topological polar surface area (TPSA) is 6.48 Å². The van der Waals surface area contributed by atoms with E-state index < -0.39 is 0 Å². The molecule has 3 heteroatoms. The largest absolute Gasteiger partial charge is 0.306 e. The molecule has 17 heavy (non-hydrogen) atoms. The standard InChI is InChI=1S/C14H28N2S/c1-12(2)16-10-6-14(7-11-16)17-13-4-8-15(3)9-5-13/h12-14H,4-11H2,1-3H3. The molecule has 2 nitrogen and oxygen atoms in total. The van der Waals surface area contributed by atoms with E-state index in [4.69, 9.17) is 0 Å². The average molecular weight is 256 g/mol. The molecule has 0 atom stereocenters. The van der Waals surface area contributed by atoms with Crippen LogP contribution in [0.3, 0.4) is 0 Å². The van der Waals surface area contributed by atoms with Gasteiger partial charge in [-0.25, -0.2) is 0 Å². The molecule has 0 aliphatic carbocycles. The SMILES string of the molecule is CC(C)N1CCC(SC2CCN(C)CC2)CC1. The highest BCUT2D eigenvalue weighted by molar-refractivity contribution is 8.00. The second kappa shape index (κ2) is 6.44. The minimum Gasteiger partial charge on any atom is -0.306 e. The van der Waals surface area contributed by atoms with E-state index in [-0.39, 0.29) is 0 Å². The molecule has 0 aromatic heterocycles. The number of piperidine rings is 2. The third-order valence-electron chi connectivity index (χ3n) is 4.26. The molecule has 2 rings (SSSR count). The molecule has 0 bridgehead atoms. The highest BCUT2D eigenvalue weighted by Gasteiger charge is 2.25. The lowest BCUT2D eigenvalue weighted by Gasteiger charge is -2.37. The van der Waals surface area contributed by atoms with Gasteiger partial charge in [0, 0.05) is 16.5 Å². The van der Waals surface area contributed by atoms with Crippen LogP contribution in [0.2, 0.25) is 0 Å². The van der Waals surface area contributed by atoms with Gasteiger partial charge in [-0.05, 0) is 72.8 Å². The van der Waals surface area contributed by atoms with Crippen LogP contribution in [0.1, 0.15) is 39.5 Å². The Kier molecular flexibility index (Phi) is 5.19. The molecule has 2 saturated heterocycles. The fourth-order valence-electron chi connectivity index (χ4n) is 2.92. The van der Waals surface area contributed by atoms with Crippen LogP contribution in [0.5, 0.6) is 0 Å². The maximum Gasteiger partial charge on any atom is 0.00741 e. The molecule has 0 radical (unpaired) electrons. The molecule has 100 valence electrons. The Labute approximate surface area is 111 Å². The lowest BCUT2D eigenvalue weighted by atomic mass is 10.1. The lowest BCUT2D eigenvalue weighted by Crippen LogP contribution is -2.40. The first-order valence-corrected chi connectivity index (χ1v) is 8.17. The molecule has 0 N–H and O–H groups in total. The summed E-state index contributed by atoms with van der Waals surface area (Å²) in [5.74, 6) is 0. The summed E-state index contributed by atoms with van der Waals surface area (Å²) in [6, 6.07) is 0.740. The van der Waals surface area contributed by atoms with Gasteiger partial charge in [-0.3, -0.25) is 0 Å². The van der Waals surface area contributed by atoms with Crippen molar-refractivity contribution in [3.63, 3.8) is 0 Å². The first-order valence-electron chi connectivity index (χ1n) is 7.23. The van der Waals surface area contributed by atoms with Gasteiger partial charge in [-0.2, -0.15) is 11.8 Å². The lowest BCUT2D eigenvalue weighted by molar-refractivity contribution is 0.188. The minimum atomic E-state index is 0.740. The third-order valence-corrected chi connectivity index (χ3v) is 5.97. The summed E-state index contributed by atoms with van der Waals surface area (Å²) in [6.07, 6.45) is 5.64. The van der Waals surface area contributed by atoms with Crippen LogP contribution in [0.15, 0.2) is 0 Å². The van der Waals surface area contributed by atoms with Gasteiger partial charge < -0.3 is 9.80 Å². The van der Waals surface area contributed by atoms with Crippen LogP contribution in [0, 0.1) is 0 Å². The van der Waals surface area contributed by atoms with Crippen molar-refractivity contribution >= 4 is 11.8 Å². The molecular weight excluding hydrogens is 228 g/mol. The zero-order valence-corrected chi connectivity index (χ0v) is 12.5. The molecule has 0 aromatic carbocycles. The summed E-state index contributed by atoms with van der Waals surface area (Å²) in [5.41, 5.74) is 0. The number of hydrogen-bond acceptors (Lipinski definition) is 3. The molecule has 0 saturated carbocycles. The Hall–Kier alpha value is 0.270. The van der Waals surface area contributed by atoms with E-state index >= 15 is 0 Å². The second-order valence-electron chi connectivity index (χ2n) is 5.97. The van der Waals surface area contributed by atoms with Crippen molar-refractivity contribution in [2.75, 3.05) is 33.2 Å². The van der Waals surface area contributed by atoms with Crippen molar-refractivity contribution in [2.24, 2.45) is 0 Å². The summed E-state index contributed by atoms with van der Waals surface area (Å²) in [7, 11) is 2.25. The first kappa shape index (κ1) is 13.7. The molecule has 0 spiro atoms. The molecule has 2 aliphatic heterocycles. The first-order chi connectivity index (χ1) is 8.15. The predicted molar refractivity (Wildman–Crippen MR) is 77.8 cm³/mol. The summed E-state index contributed by atoms with van der Waals surface area (Å²) < 4.78 is 0. The predicted octanol–water partition coefficient (Wildman–Crippen LogP) is 2.69. The van der Waals surface area contributed by atoms with Crippen LogP contribution in [-0.2, 0) is 0 Å². The highest BCUT2D eigenvalue weighted by atomic mass is 32.2. The van der Waals surface area contributed by atoms with E-state index in [9.17, 15) is 0 Å². The molecular formula is C14H28N2S. The monoisotopic (exact) mass is 256 g/mol. The van der Waals surface area contributed by atoms with Crippen molar-refractivity contribution in [2.45, 2.75) is 56.1 Å². The zero-order chi connectivity index (χ0) is 12.3. The van der Waals surface area contributed by atoms with Crippen LogP contribution in [0.4, 0.5) is 0 Å². The third kappa shape index (κ3) is 4.15.